The van der Waals surface area contributed by atoms with Crippen LogP contribution in [0.3, 0.4) is 0 Å². The van der Waals surface area contributed by atoms with Crippen LogP contribution in [0.15, 0.2) is 31.3 Å². The van der Waals surface area contributed by atoms with Gasteiger partial charge in [-0.1, -0.05) is 11.8 Å². The maximum absolute atomic E-state index is 11.6. The lowest BCUT2D eigenvalue weighted by molar-refractivity contribution is -0.138. The quantitative estimate of drug-likeness (QED) is 0.483. The van der Waals surface area contributed by atoms with E-state index in [1.165, 1.54) is 6.21 Å². The van der Waals surface area contributed by atoms with Gasteiger partial charge in [-0.05, 0) is 56.5 Å². The molecule has 128 valence electrons. The summed E-state index contributed by atoms with van der Waals surface area (Å²) < 4.78 is 7.05. The lowest BCUT2D eigenvalue weighted by atomic mass is 10.2. The fourth-order valence-corrected chi connectivity index (χ4v) is 4.20. The molecule has 0 aliphatic carbocycles. The summed E-state index contributed by atoms with van der Waals surface area (Å²) in [5, 5.41) is 18.7. The largest absolute Gasteiger partial charge is 0.492 e. The number of thioether (sulfide) groups is 1. The molecule has 1 fully saturated rings. The number of carbonyl (C=O) groups is 2. The van der Waals surface area contributed by atoms with Gasteiger partial charge in [-0.3, -0.25) is 9.59 Å². The molecule has 2 N–H and O–H groups in total. The molecule has 24 heavy (non-hydrogen) atoms. The molecule has 1 aromatic carbocycles. The second-order valence-corrected chi connectivity index (χ2v) is 7.49. The number of hydrogen-bond acceptors (Lipinski definition) is 6. The molecule has 1 amide bonds. The maximum Gasteiger partial charge on any atom is 0.305 e. The maximum atomic E-state index is 11.6. The first-order chi connectivity index (χ1) is 11.4. The van der Waals surface area contributed by atoms with Gasteiger partial charge in [-0.2, -0.15) is 5.10 Å². The van der Waals surface area contributed by atoms with Crippen molar-refractivity contribution in [2.45, 2.75) is 18.6 Å². The molecule has 1 heterocycles. The molecule has 2 rings (SSSR count). The van der Waals surface area contributed by atoms with Crippen LogP contribution >= 0.6 is 43.6 Å². The fraction of sp³-hybridized carbons (Fsp3) is 0.286. The molecule has 10 heteroatoms. The number of halogens is 2. The second-order valence-electron chi connectivity index (χ2n) is 4.59. The lowest BCUT2D eigenvalue weighted by Crippen LogP contribution is -2.26. The Bertz CT molecular complexity index is 701. The van der Waals surface area contributed by atoms with E-state index in [1.54, 1.807) is 0 Å². The topological polar surface area (TPSA) is 100 Å². The number of nitrogens with zero attached hydrogens (tertiary/aromatic N) is 2. The number of aliphatic carboxylic acids is 1. The van der Waals surface area contributed by atoms with E-state index in [1.807, 2.05) is 19.1 Å². The highest BCUT2D eigenvalue weighted by Gasteiger charge is 2.32. The number of ether oxygens (including phenoxy) is 1. The van der Waals surface area contributed by atoms with Crippen molar-refractivity contribution in [3.8, 4) is 5.75 Å². The van der Waals surface area contributed by atoms with Crippen LogP contribution in [0.5, 0.6) is 5.75 Å². The van der Waals surface area contributed by atoms with Gasteiger partial charge < -0.3 is 15.2 Å². The predicted molar refractivity (Wildman–Crippen MR) is 99.8 cm³/mol. The summed E-state index contributed by atoms with van der Waals surface area (Å²) in [5.74, 6) is -0.699. The van der Waals surface area contributed by atoms with Crippen LogP contribution in [-0.2, 0) is 9.59 Å². The number of benzene rings is 1. The van der Waals surface area contributed by atoms with Crippen LogP contribution < -0.4 is 10.1 Å². The smallest absolute Gasteiger partial charge is 0.305 e. The van der Waals surface area contributed by atoms with E-state index >= 15 is 0 Å². The molecule has 1 aromatic rings. The summed E-state index contributed by atoms with van der Waals surface area (Å²) in [4.78, 5) is 22.2. The summed E-state index contributed by atoms with van der Waals surface area (Å²) >= 11 is 7.91. The Hall–Kier alpha value is -1.39. The van der Waals surface area contributed by atoms with E-state index in [-0.39, 0.29) is 17.5 Å². The number of hydrogen-bond donors (Lipinski definition) is 2. The first-order valence-electron chi connectivity index (χ1n) is 6.83. The van der Waals surface area contributed by atoms with Crippen LogP contribution in [0.1, 0.15) is 18.9 Å². The van der Waals surface area contributed by atoms with E-state index in [4.69, 9.17) is 9.84 Å². The van der Waals surface area contributed by atoms with Gasteiger partial charge in [0, 0.05) is 0 Å². The third kappa shape index (κ3) is 5.05. The molecule has 0 saturated carbocycles. The van der Waals surface area contributed by atoms with Crippen molar-refractivity contribution in [2.75, 3.05) is 6.61 Å². The van der Waals surface area contributed by atoms with Crippen LogP contribution in [0, 0.1) is 0 Å². The number of rotatable bonds is 6. The third-order valence-corrected chi connectivity index (χ3v) is 5.05. The van der Waals surface area contributed by atoms with Gasteiger partial charge >= 0.3 is 5.97 Å². The minimum absolute atomic E-state index is 0.252. The minimum Gasteiger partial charge on any atom is -0.492 e. The molecule has 0 aromatic heterocycles. The van der Waals surface area contributed by atoms with Crippen molar-refractivity contribution in [3.05, 3.63) is 26.6 Å². The number of carboxylic acids is 1. The molecule has 0 bridgehead atoms. The zero-order valence-corrected chi connectivity index (χ0v) is 16.4. The molecule has 1 saturated heterocycles. The Balaban J connectivity index is 2.07. The standard InChI is InChI=1S/C14H13Br2N3O4S/c1-2-23-12-8(15)3-7(4-9(12)16)6-17-19-14-18-13(22)10(24-14)5-11(20)21/h3-4,6,10H,2,5H2,1H3,(H,20,21)(H,18,19,22)/b17-6+. The average Bonchev–Trinajstić information content (AvgIpc) is 2.82. The highest BCUT2D eigenvalue weighted by atomic mass is 79.9. The normalized spacial score (nSPS) is 19.0. The van der Waals surface area contributed by atoms with Gasteiger partial charge in [-0.25, -0.2) is 0 Å². The molecular weight excluding hydrogens is 466 g/mol. The number of carbonyl (C=O) groups excluding carboxylic acids is 1. The summed E-state index contributed by atoms with van der Waals surface area (Å²) in [6, 6.07) is 3.65. The van der Waals surface area contributed by atoms with E-state index in [9.17, 15) is 9.59 Å². The van der Waals surface area contributed by atoms with E-state index in [2.05, 4.69) is 47.4 Å². The SMILES string of the molecule is CCOc1c(Br)cc(/C=N/N=C2\NC(=O)C(CC(=O)O)S2)cc1Br. The van der Waals surface area contributed by atoms with Crippen LogP contribution in [0.4, 0.5) is 0 Å². The van der Waals surface area contributed by atoms with Gasteiger partial charge in [0.1, 0.15) is 11.0 Å². The van der Waals surface area contributed by atoms with Crippen LogP contribution in [0.25, 0.3) is 0 Å². The first-order valence-corrected chi connectivity index (χ1v) is 9.29. The van der Waals surface area contributed by atoms with Gasteiger partial charge in [0.05, 0.1) is 28.2 Å². The number of nitrogens with one attached hydrogen (secondary N) is 1. The zero-order chi connectivity index (χ0) is 17.7. The highest BCUT2D eigenvalue weighted by Crippen LogP contribution is 2.34. The van der Waals surface area contributed by atoms with E-state index in [0.29, 0.717) is 12.4 Å². The molecular formula is C14H13Br2N3O4S. The Morgan fingerprint density at radius 3 is 2.71 bits per heavy atom. The monoisotopic (exact) mass is 477 g/mol. The molecule has 0 spiro atoms. The Labute approximate surface area is 159 Å². The molecule has 1 atom stereocenters. The molecule has 1 aliphatic heterocycles. The highest BCUT2D eigenvalue weighted by molar-refractivity contribution is 9.11. The number of carboxylic acid groups (broad SMARTS) is 1. The van der Waals surface area contributed by atoms with Crippen LogP contribution in [0.2, 0.25) is 0 Å². The lowest BCUT2D eigenvalue weighted by Gasteiger charge is -2.08. The van der Waals surface area contributed by atoms with Gasteiger partial charge in [0.15, 0.2) is 5.17 Å². The second kappa shape index (κ2) is 8.63. The molecule has 1 aliphatic rings. The zero-order valence-electron chi connectivity index (χ0n) is 12.5. The van der Waals surface area contributed by atoms with Crippen molar-refractivity contribution < 1.29 is 19.4 Å². The first kappa shape index (κ1) is 18.9. The van der Waals surface area contributed by atoms with Crippen molar-refractivity contribution in [2.24, 2.45) is 10.2 Å². The van der Waals surface area contributed by atoms with E-state index in [0.717, 1.165) is 26.3 Å². The van der Waals surface area contributed by atoms with E-state index < -0.39 is 11.2 Å². The molecule has 1 unspecified atom stereocenters. The van der Waals surface area contributed by atoms with Gasteiger partial charge in [0.2, 0.25) is 5.91 Å². The van der Waals surface area contributed by atoms with Crippen molar-refractivity contribution in [1.82, 2.24) is 5.32 Å². The summed E-state index contributed by atoms with van der Waals surface area (Å²) in [5.41, 5.74) is 0.776. The Morgan fingerprint density at radius 2 is 2.12 bits per heavy atom. The number of amides is 1. The van der Waals surface area contributed by atoms with Crippen molar-refractivity contribution in [1.29, 1.82) is 0 Å². The summed E-state index contributed by atoms with van der Waals surface area (Å²) in [6.45, 7) is 2.45. The Morgan fingerprint density at radius 1 is 1.46 bits per heavy atom. The minimum atomic E-state index is -1.03. The van der Waals surface area contributed by atoms with Crippen molar-refractivity contribution >= 4 is 66.9 Å². The molecule has 7 nitrogen and oxygen atoms in total. The summed E-state index contributed by atoms with van der Waals surface area (Å²) in [7, 11) is 0. The predicted octanol–water partition coefficient (Wildman–Crippen LogP) is 3.01. The molecule has 0 radical (unpaired) electrons. The Kier molecular flexibility index (Phi) is 6.81. The van der Waals surface area contributed by atoms with Crippen LogP contribution in [-0.4, -0.2) is 40.2 Å². The van der Waals surface area contributed by atoms with Crippen molar-refractivity contribution in [3.63, 3.8) is 0 Å². The average molecular weight is 479 g/mol. The third-order valence-electron chi connectivity index (χ3n) is 2.80. The number of amidine groups is 1. The summed E-state index contributed by atoms with van der Waals surface area (Å²) in [6.07, 6.45) is 1.27. The fourth-order valence-electron chi connectivity index (χ4n) is 1.83. The van der Waals surface area contributed by atoms with Gasteiger partial charge in [-0.15, -0.1) is 5.10 Å². The van der Waals surface area contributed by atoms with Gasteiger partial charge in [0.25, 0.3) is 0 Å².